The Morgan fingerprint density at radius 2 is 0.909 bits per heavy atom. The summed E-state index contributed by atoms with van der Waals surface area (Å²) in [7, 11) is 0. The van der Waals surface area contributed by atoms with E-state index in [1.54, 1.807) is 0 Å². The number of hydrogen-bond acceptors (Lipinski definition) is 1. The first kappa shape index (κ1) is 28.2. The molecule has 0 heterocycles. The molecule has 4 heteroatoms. The van der Waals surface area contributed by atoms with Gasteiger partial charge in [-0.1, -0.05) is 96.8 Å². The van der Waals surface area contributed by atoms with Crippen molar-refractivity contribution in [2.45, 2.75) is 110 Å². The van der Waals surface area contributed by atoms with E-state index in [1.165, 1.54) is 83.5 Å². The van der Waals surface area contributed by atoms with Crippen LogP contribution in [0.3, 0.4) is 0 Å². The molecule has 0 fully saturated rings. The summed E-state index contributed by atoms with van der Waals surface area (Å²) < 4.78 is 0. The van der Waals surface area contributed by atoms with Crippen LogP contribution in [0.5, 0.6) is 0 Å². The summed E-state index contributed by atoms with van der Waals surface area (Å²) in [6.07, 6.45) is 20.2. The molecule has 126 valence electrons. The van der Waals surface area contributed by atoms with Gasteiger partial charge in [0.25, 0.3) is 0 Å². The zero-order chi connectivity index (χ0) is 14.9. The summed E-state index contributed by atoms with van der Waals surface area (Å²) in [5.74, 6) is -0.653. The number of carboxylic acids is 1. The van der Waals surface area contributed by atoms with E-state index >= 15 is 0 Å². The predicted octanol–water partition coefficient (Wildman–Crippen LogP) is 5.41. The van der Waals surface area contributed by atoms with E-state index in [0.29, 0.717) is 6.42 Å². The molecule has 0 aliphatic heterocycles. The minimum Gasteiger partial charge on any atom is 0 e. The summed E-state index contributed by atoms with van der Waals surface area (Å²) >= 11 is 0. The Morgan fingerprint density at radius 3 is 1.18 bits per heavy atom. The van der Waals surface area contributed by atoms with Crippen LogP contribution in [-0.2, 0) is 24.3 Å². The van der Waals surface area contributed by atoms with Crippen LogP contribution in [-0.4, -0.2) is 48.8 Å². The SMILES string of the molecule is CCCCCCCCCCCCCCCCCC(=O)O.[CaH2].[Zn]. The number of carboxylic acid groups (broad SMARTS) is 1. The second-order valence-electron chi connectivity index (χ2n) is 6.09. The molecule has 0 amide bonds. The molecule has 0 aliphatic carbocycles. The number of hydrogen-bond donors (Lipinski definition) is 1. The van der Waals surface area contributed by atoms with Gasteiger partial charge in [-0.2, -0.15) is 0 Å². The topological polar surface area (TPSA) is 37.3 Å². The Hall–Kier alpha value is 1.35. The summed E-state index contributed by atoms with van der Waals surface area (Å²) in [5, 5.41) is 8.52. The van der Waals surface area contributed by atoms with Gasteiger partial charge in [0.15, 0.2) is 0 Å². The largest absolute Gasteiger partial charge is 0 e. The summed E-state index contributed by atoms with van der Waals surface area (Å²) in [6, 6.07) is 0. The maximum absolute atomic E-state index is 10.3. The van der Waals surface area contributed by atoms with Crippen molar-refractivity contribution in [3.63, 3.8) is 0 Å². The average Bonchev–Trinajstić information content (AvgIpc) is 2.43. The van der Waals surface area contributed by atoms with Gasteiger partial charge in [0, 0.05) is 25.9 Å². The molecule has 0 unspecified atom stereocenters. The van der Waals surface area contributed by atoms with Crippen LogP contribution in [0, 0.1) is 0 Å². The van der Waals surface area contributed by atoms with Crippen LogP contribution in [0.4, 0.5) is 0 Å². The van der Waals surface area contributed by atoms with Crippen molar-refractivity contribution in [2.75, 3.05) is 0 Å². The van der Waals surface area contributed by atoms with E-state index in [1.807, 2.05) is 0 Å². The van der Waals surface area contributed by atoms with Gasteiger partial charge in [0.05, 0.1) is 0 Å². The first-order chi connectivity index (χ1) is 9.77. The molecule has 0 spiro atoms. The second kappa shape index (κ2) is 24.6. The standard InChI is InChI=1S/C18H36O2.Ca.Zn.2H/c1-2-3-4-5-6-7-8-9-10-11-12-13-14-15-16-17-18(19)20;;;;/h2-17H2,1H3,(H,19,20);;;;. The average molecular weight is 392 g/mol. The predicted molar refractivity (Wildman–Crippen MR) is 95.7 cm³/mol. The first-order valence-corrected chi connectivity index (χ1v) is 8.99. The fourth-order valence-corrected chi connectivity index (χ4v) is 2.65. The van der Waals surface area contributed by atoms with E-state index in [9.17, 15) is 4.79 Å². The molecule has 0 atom stereocenters. The van der Waals surface area contributed by atoms with Crippen molar-refractivity contribution >= 4 is 43.7 Å². The summed E-state index contributed by atoms with van der Waals surface area (Å²) in [5.41, 5.74) is 0. The summed E-state index contributed by atoms with van der Waals surface area (Å²) in [4.78, 5) is 10.3. The van der Waals surface area contributed by atoms with Crippen LogP contribution < -0.4 is 0 Å². The maximum Gasteiger partial charge on any atom is 0 e. The van der Waals surface area contributed by atoms with Crippen LogP contribution in [0.15, 0.2) is 0 Å². The Bertz CT molecular complexity index is 213. The van der Waals surface area contributed by atoms with E-state index in [4.69, 9.17) is 5.11 Å². The Kier molecular flexibility index (Phi) is 31.5. The normalized spacial score (nSPS) is 9.86. The molecule has 0 radical (unpaired) electrons. The maximum atomic E-state index is 10.3. The first-order valence-electron chi connectivity index (χ1n) is 8.99. The van der Waals surface area contributed by atoms with Gasteiger partial charge >= 0.3 is 43.7 Å². The van der Waals surface area contributed by atoms with E-state index in [2.05, 4.69) is 6.92 Å². The fourth-order valence-electron chi connectivity index (χ4n) is 2.65. The third-order valence-corrected chi connectivity index (χ3v) is 3.99. The molecule has 2 nitrogen and oxygen atoms in total. The fraction of sp³-hybridized carbons (Fsp3) is 0.944. The van der Waals surface area contributed by atoms with E-state index < -0.39 is 5.97 Å². The number of unbranched alkanes of at least 4 members (excludes halogenated alkanes) is 14. The van der Waals surface area contributed by atoms with Crippen LogP contribution in [0.1, 0.15) is 110 Å². The third kappa shape index (κ3) is 26.3. The Labute approximate surface area is 181 Å². The number of rotatable bonds is 16. The molecule has 0 aromatic carbocycles. The molecule has 1 N–H and O–H groups in total. The number of carbonyl (C=O) groups is 1. The van der Waals surface area contributed by atoms with Crippen LogP contribution in [0.25, 0.3) is 0 Å². The van der Waals surface area contributed by atoms with Gasteiger partial charge in [-0.25, -0.2) is 0 Å². The smallest absolute Gasteiger partial charge is 0 e. The van der Waals surface area contributed by atoms with E-state index in [0.717, 1.165) is 12.8 Å². The quantitative estimate of drug-likeness (QED) is 0.282. The third-order valence-electron chi connectivity index (χ3n) is 3.99. The van der Waals surface area contributed by atoms with Gasteiger partial charge in [-0.15, -0.1) is 0 Å². The molecule has 0 bridgehead atoms. The van der Waals surface area contributed by atoms with Crippen molar-refractivity contribution < 1.29 is 29.4 Å². The molecule has 22 heavy (non-hydrogen) atoms. The molecule has 0 rings (SSSR count). The second-order valence-corrected chi connectivity index (χ2v) is 6.09. The molecule has 0 saturated heterocycles. The zero-order valence-electron chi connectivity index (χ0n) is 14.4. The molecular weight excluding hydrogens is 354 g/mol. The van der Waals surface area contributed by atoms with Crippen molar-refractivity contribution in [1.82, 2.24) is 0 Å². The van der Waals surface area contributed by atoms with Crippen molar-refractivity contribution in [3.05, 3.63) is 0 Å². The Balaban J connectivity index is -0.00000180. The van der Waals surface area contributed by atoms with Crippen LogP contribution in [0.2, 0.25) is 0 Å². The van der Waals surface area contributed by atoms with Gasteiger partial charge in [-0.05, 0) is 6.42 Å². The van der Waals surface area contributed by atoms with Crippen molar-refractivity contribution in [3.8, 4) is 0 Å². The molecule has 0 aliphatic rings. The van der Waals surface area contributed by atoms with Crippen molar-refractivity contribution in [2.24, 2.45) is 0 Å². The monoisotopic (exact) mass is 390 g/mol. The minimum atomic E-state index is -0.653. The van der Waals surface area contributed by atoms with Gasteiger partial charge in [-0.3, -0.25) is 4.79 Å². The van der Waals surface area contributed by atoms with Crippen molar-refractivity contribution in [1.29, 1.82) is 0 Å². The van der Waals surface area contributed by atoms with Crippen LogP contribution >= 0.6 is 0 Å². The zero-order valence-corrected chi connectivity index (χ0v) is 17.3. The van der Waals surface area contributed by atoms with Gasteiger partial charge in [0.1, 0.15) is 0 Å². The molecular formula is C18H38CaO2Zn. The molecule has 0 aromatic heterocycles. The van der Waals surface area contributed by atoms with E-state index in [-0.39, 0.29) is 57.2 Å². The molecule has 0 aromatic rings. The Morgan fingerprint density at radius 1 is 0.636 bits per heavy atom. The summed E-state index contributed by atoms with van der Waals surface area (Å²) in [6.45, 7) is 2.27. The van der Waals surface area contributed by atoms with Gasteiger partial charge in [0.2, 0.25) is 0 Å². The minimum absolute atomic E-state index is 0. The molecule has 0 saturated carbocycles. The van der Waals surface area contributed by atoms with Gasteiger partial charge < -0.3 is 5.11 Å². The number of aliphatic carboxylic acids is 1.